The van der Waals surface area contributed by atoms with E-state index in [2.05, 4.69) is 63.0 Å². The van der Waals surface area contributed by atoms with E-state index in [1.54, 1.807) is 0 Å². The number of nitrogens with zero attached hydrogens (tertiary/aromatic N) is 3. The Labute approximate surface area is 124 Å². The van der Waals surface area contributed by atoms with Gasteiger partial charge in [0.2, 0.25) is 0 Å². The van der Waals surface area contributed by atoms with Gasteiger partial charge in [0.15, 0.2) is 5.65 Å². The second-order valence-electron chi connectivity index (χ2n) is 6.64. The van der Waals surface area contributed by atoms with Crippen LogP contribution in [0, 0.1) is 13.8 Å². The van der Waals surface area contributed by atoms with Crippen LogP contribution in [-0.2, 0) is 5.41 Å². The molecule has 0 saturated heterocycles. The molecule has 2 aromatic heterocycles. The zero-order chi connectivity index (χ0) is 15.4. The number of nitrogens with two attached hydrogens (primary N) is 1. The third-order valence-electron chi connectivity index (χ3n) is 3.70. The summed E-state index contributed by atoms with van der Waals surface area (Å²) in [6.07, 6.45) is 0. The lowest BCUT2D eigenvalue weighted by Gasteiger charge is -2.15. The van der Waals surface area contributed by atoms with Crippen molar-refractivity contribution < 1.29 is 0 Å². The van der Waals surface area contributed by atoms with E-state index in [-0.39, 0.29) is 5.41 Å². The van der Waals surface area contributed by atoms with Crippen LogP contribution >= 0.6 is 0 Å². The van der Waals surface area contributed by atoms with Gasteiger partial charge in [0.1, 0.15) is 5.82 Å². The minimum atomic E-state index is -0.0971. The summed E-state index contributed by atoms with van der Waals surface area (Å²) in [4.78, 5) is 0. The maximum absolute atomic E-state index is 6.06. The minimum absolute atomic E-state index is 0.0971. The van der Waals surface area contributed by atoms with Crippen LogP contribution in [0.2, 0.25) is 0 Å². The van der Waals surface area contributed by atoms with E-state index in [0.717, 1.165) is 22.4 Å². The standard InChI is InChI=1S/C16H21N5/c1-9-6-7-11(10(2)8-9)21-15-12(14(17)18-19-15)13(20-21)16(3,4)5/h6-8H,1-5H3,(H3,17,18,19). The maximum atomic E-state index is 6.06. The lowest BCUT2D eigenvalue weighted by molar-refractivity contribution is 0.564. The van der Waals surface area contributed by atoms with Crippen LogP contribution in [0.3, 0.4) is 0 Å². The third kappa shape index (κ3) is 2.09. The normalized spacial score (nSPS) is 12.2. The average molecular weight is 283 g/mol. The summed E-state index contributed by atoms with van der Waals surface area (Å²) in [5.41, 5.74) is 11.1. The molecule has 3 rings (SSSR count). The lowest BCUT2D eigenvalue weighted by atomic mass is 9.91. The molecule has 3 N–H and O–H groups in total. The number of hydrogen-bond acceptors (Lipinski definition) is 3. The molecule has 0 saturated carbocycles. The van der Waals surface area contributed by atoms with Crippen molar-refractivity contribution in [2.75, 3.05) is 5.73 Å². The van der Waals surface area contributed by atoms with Gasteiger partial charge in [0.25, 0.3) is 0 Å². The molecule has 0 atom stereocenters. The van der Waals surface area contributed by atoms with E-state index in [0.29, 0.717) is 5.82 Å². The van der Waals surface area contributed by atoms with Crippen molar-refractivity contribution in [2.24, 2.45) is 0 Å². The Bertz CT molecular complexity index is 817. The topological polar surface area (TPSA) is 72.5 Å². The monoisotopic (exact) mass is 283 g/mol. The van der Waals surface area contributed by atoms with Crippen LogP contribution < -0.4 is 5.73 Å². The predicted molar refractivity (Wildman–Crippen MR) is 85.8 cm³/mol. The van der Waals surface area contributed by atoms with E-state index in [4.69, 9.17) is 10.8 Å². The molecule has 0 unspecified atom stereocenters. The van der Waals surface area contributed by atoms with Crippen molar-refractivity contribution in [2.45, 2.75) is 40.0 Å². The minimum Gasteiger partial charge on any atom is -0.383 e. The quantitative estimate of drug-likeness (QED) is 0.720. The van der Waals surface area contributed by atoms with E-state index in [1.807, 2.05) is 4.68 Å². The van der Waals surface area contributed by atoms with Gasteiger partial charge in [0, 0.05) is 5.41 Å². The maximum Gasteiger partial charge on any atom is 0.186 e. The first-order valence-electron chi connectivity index (χ1n) is 7.09. The van der Waals surface area contributed by atoms with Crippen LogP contribution in [0.5, 0.6) is 0 Å². The highest BCUT2D eigenvalue weighted by Gasteiger charge is 2.26. The Morgan fingerprint density at radius 2 is 1.90 bits per heavy atom. The smallest absolute Gasteiger partial charge is 0.186 e. The summed E-state index contributed by atoms with van der Waals surface area (Å²) in [6, 6.07) is 6.31. The van der Waals surface area contributed by atoms with Crippen LogP contribution in [0.1, 0.15) is 37.6 Å². The van der Waals surface area contributed by atoms with Crippen molar-refractivity contribution in [3.8, 4) is 5.69 Å². The fourth-order valence-electron chi connectivity index (χ4n) is 2.67. The summed E-state index contributed by atoms with van der Waals surface area (Å²) in [7, 11) is 0. The molecule has 2 heterocycles. The van der Waals surface area contributed by atoms with Gasteiger partial charge in [-0.2, -0.15) is 10.2 Å². The second-order valence-corrected chi connectivity index (χ2v) is 6.64. The Morgan fingerprint density at radius 1 is 1.19 bits per heavy atom. The predicted octanol–water partition coefficient (Wildman–Crippen LogP) is 3.25. The molecule has 0 aliphatic carbocycles. The number of rotatable bonds is 1. The molecule has 5 nitrogen and oxygen atoms in total. The SMILES string of the molecule is Cc1ccc(-n2nc(C(C)(C)C)c3c(N)[nH]nc32)c(C)c1. The van der Waals surface area contributed by atoms with Gasteiger partial charge in [-0.15, -0.1) is 0 Å². The molecule has 0 amide bonds. The van der Waals surface area contributed by atoms with Crippen molar-refractivity contribution in [1.29, 1.82) is 0 Å². The molecule has 110 valence electrons. The van der Waals surface area contributed by atoms with Crippen molar-refractivity contribution >= 4 is 16.9 Å². The highest BCUT2D eigenvalue weighted by Crippen LogP contribution is 2.33. The average Bonchev–Trinajstić information content (AvgIpc) is 2.90. The number of benzene rings is 1. The third-order valence-corrected chi connectivity index (χ3v) is 3.70. The molecule has 0 radical (unpaired) electrons. The number of aryl methyl sites for hydroxylation is 2. The van der Waals surface area contributed by atoms with Gasteiger partial charge in [-0.25, -0.2) is 4.68 Å². The first kappa shape index (κ1) is 13.7. The van der Waals surface area contributed by atoms with Gasteiger partial charge in [-0.3, -0.25) is 5.10 Å². The van der Waals surface area contributed by atoms with Gasteiger partial charge in [-0.05, 0) is 25.5 Å². The molecule has 0 fully saturated rings. The first-order chi connectivity index (χ1) is 9.79. The Morgan fingerprint density at radius 3 is 2.52 bits per heavy atom. The van der Waals surface area contributed by atoms with Gasteiger partial charge in [0.05, 0.1) is 16.8 Å². The summed E-state index contributed by atoms with van der Waals surface area (Å²) in [6.45, 7) is 10.6. The van der Waals surface area contributed by atoms with E-state index >= 15 is 0 Å². The number of aromatic amines is 1. The number of H-pyrrole nitrogens is 1. The summed E-state index contributed by atoms with van der Waals surface area (Å²) in [5.74, 6) is 0.575. The van der Waals surface area contributed by atoms with Crippen LogP contribution in [0.15, 0.2) is 18.2 Å². The Hall–Kier alpha value is -2.30. The molecule has 21 heavy (non-hydrogen) atoms. The number of nitrogen functional groups attached to an aromatic ring is 1. The van der Waals surface area contributed by atoms with Crippen molar-refractivity contribution in [1.82, 2.24) is 20.0 Å². The molecule has 5 heteroatoms. The highest BCUT2D eigenvalue weighted by molar-refractivity contribution is 5.90. The summed E-state index contributed by atoms with van der Waals surface area (Å²) < 4.78 is 1.89. The van der Waals surface area contributed by atoms with E-state index in [9.17, 15) is 0 Å². The molecule has 0 aliphatic heterocycles. The molecule has 0 bridgehead atoms. The van der Waals surface area contributed by atoms with Gasteiger partial charge >= 0.3 is 0 Å². The van der Waals surface area contributed by atoms with Gasteiger partial charge < -0.3 is 5.73 Å². The number of fused-ring (bicyclic) bond motifs is 1. The van der Waals surface area contributed by atoms with Crippen LogP contribution in [-0.4, -0.2) is 20.0 Å². The molecular formula is C16H21N5. The van der Waals surface area contributed by atoms with Crippen LogP contribution in [0.25, 0.3) is 16.7 Å². The number of hydrogen-bond donors (Lipinski definition) is 2. The largest absolute Gasteiger partial charge is 0.383 e. The number of nitrogens with one attached hydrogen (secondary N) is 1. The summed E-state index contributed by atoms with van der Waals surface area (Å²) >= 11 is 0. The molecular weight excluding hydrogens is 262 g/mol. The zero-order valence-corrected chi connectivity index (χ0v) is 13.2. The van der Waals surface area contributed by atoms with E-state index in [1.165, 1.54) is 11.1 Å². The number of aromatic nitrogens is 4. The molecule has 1 aromatic carbocycles. The van der Waals surface area contributed by atoms with Crippen LogP contribution in [0.4, 0.5) is 5.82 Å². The van der Waals surface area contributed by atoms with Gasteiger partial charge in [-0.1, -0.05) is 38.5 Å². The molecule has 0 aliphatic rings. The fourth-order valence-corrected chi connectivity index (χ4v) is 2.67. The fraction of sp³-hybridized carbons (Fsp3) is 0.375. The van der Waals surface area contributed by atoms with Crippen molar-refractivity contribution in [3.63, 3.8) is 0 Å². The summed E-state index contributed by atoms with van der Waals surface area (Å²) in [5, 5.41) is 12.9. The highest BCUT2D eigenvalue weighted by atomic mass is 15.4. The Balaban J connectivity index is 2.34. The second kappa shape index (κ2) is 4.35. The zero-order valence-electron chi connectivity index (χ0n) is 13.2. The molecule has 0 spiro atoms. The lowest BCUT2D eigenvalue weighted by Crippen LogP contribution is -2.14. The number of anilines is 1. The Kier molecular flexibility index (Phi) is 2.83. The first-order valence-corrected chi connectivity index (χ1v) is 7.09. The van der Waals surface area contributed by atoms with E-state index < -0.39 is 0 Å². The van der Waals surface area contributed by atoms with Crippen molar-refractivity contribution in [3.05, 3.63) is 35.0 Å². The molecule has 3 aromatic rings.